The molecule has 0 aromatic carbocycles. The van der Waals surface area contributed by atoms with E-state index in [1.165, 1.54) is 0 Å². The number of nitrogens with zero attached hydrogens (tertiary/aromatic N) is 3. The zero-order valence-electron chi connectivity index (χ0n) is 10.9. The van der Waals surface area contributed by atoms with Crippen LogP contribution in [0.5, 0.6) is 0 Å². The van der Waals surface area contributed by atoms with Crippen molar-refractivity contribution >= 4 is 24.4 Å². The Morgan fingerprint density at radius 3 is 2.63 bits per heavy atom. The quantitative estimate of drug-likeness (QED) is 0.755. The standard InChI is InChI=1S/C12H15N3O3S/c1-12(2,3)9-6(5-13)10(14-18-9)15-8(16)4-7(19)11(15)17/h7,11,17,19H,4H2,1-3H3. The smallest absolute Gasteiger partial charge is 0.231 e. The number of amides is 1. The van der Waals surface area contributed by atoms with Crippen LogP contribution in [0.4, 0.5) is 5.82 Å². The Hall–Kier alpha value is -1.52. The lowest BCUT2D eigenvalue weighted by Crippen LogP contribution is -2.36. The lowest BCUT2D eigenvalue weighted by molar-refractivity contribution is -0.117. The number of aromatic nitrogens is 1. The van der Waals surface area contributed by atoms with Crippen molar-refractivity contribution in [1.82, 2.24) is 5.16 Å². The van der Waals surface area contributed by atoms with Crippen LogP contribution in [-0.4, -0.2) is 27.6 Å². The Kier molecular flexibility index (Phi) is 3.32. The van der Waals surface area contributed by atoms with Crippen LogP contribution in [0.2, 0.25) is 0 Å². The molecule has 7 heteroatoms. The first kappa shape index (κ1) is 13.9. The lowest BCUT2D eigenvalue weighted by atomic mass is 9.90. The number of hydrogen-bond donors (Lipinski definition) is 2. The largest absolute Gasteiger partial charge is 0.372 e. The molecule has 1 aliphatic heterocycles. The maximum atomic E-state index is 11.8. The summed E-state index contributed by atoms with van der Waals surface area (Å²) in [6.45, 7) is 5.63. The Morgan fingerprint density at radius 1 is 1.58 bits per heavy atom. The lowest BCUT2D eigenvalue weighted by Gasteiger charge is -2.19. The summed E-state index contributed by atoms with van der Waals surface area (Å²) in [5.74, 6) is 0.145. The molecule has 19 heavy (non-hydrogen) atoms. The summed E-state index contributed by atoms with van der Waals surface area (Å²) >= 11 is 4.13. The van der Waals surface area contributed by atoms with E-state index in [4.69, 9.17) is 4.52 Å². The first-order valence-electron chi connectivity index (χ1n) is 5.85. The molecule has 6 nitrogen and oxygen atoms in total. The summed E-state index contributed by atoms with van der Waals surface area (Å²) in [7, 11) is 0. The van der Waals surface area contributed by atoms with Crippen molar-refractivity contribution in [2.75, 3.05) is 4.90 Å². The molecule has 0 saturated carbocycles. The molecule has 0 aliphatic carbocycles. The molecule has 1 N–H and O–H groups in total. The minimum absolute atomic E-state index is 0.0708. The maximum absolute atomic E-state index is 11.8. The van der Waals surface area contributed by atoms with Gasteiger partial charge in [0.25, 0.3) is 0 Å². The van der Waals surface area contributed by atoms with E-state index in [0.717, 1.165) is 4.90 Å². The Morgan fingerprint density at radius 2 is 2.21 bits per heavy atom. The van der Waals surface area contributed by atoms with Crippen LogP contribution in [0.1, 0.15) is 38.5 Å². The fourth-order valence-electron chi connectivity index (χ4n) is 2.00. The number of aliphatic hydroxyl groups excluding tert-OH is 1. The van der Waals surface area contributed by atoms with Crippen LogP contribution in [0.15, 0.2) is 4.52 Å². The second kappa shape index (κ2) is 4.54. The molecule has 1 aromatic heterocycles. The van der Waals surface area contributed by atoms with Gasteiger partial charge < -0.3 is 9.63 Å². The summed E-state index contributed by atoms with van der Waals surface area (Å²) in [6.07, 6.45) is -0.992. The van der Waals surface area contributed by atoms with Crippen molar-refractivity contribution in [3.63, 3.8) is 0 Å². The predicted molar refractivity (Wildman–Crippen MR) is 70.8 cm³/mol. The van der Waals surface area contributed by atoms with E-state index in [1.807, 2.05) is 26.8 Å². The number of carbonyl (C=O) groups excluding carboxylic acids is 1. The molecule has 2 heterocycles. The van der Waals surface area contributed by atoms with E-state index in [9.17, 15) is 15.2 Å². The minimum Gasteiger partial charge on any atom is -0.372 e. The molecule has 1 fully saturated rings. The number of hydrogen-bond acceptors (Lipinski definition) is 6. The van der Waals surface area contributed by atoms with Gasteiger partial charge in [0.1, 0.15) is 17.9 Å². The zero-order valence-corrected chi connectivity index (χ0v) is 11.8. The van der Waals surface area contributed by atoms with E-state index in [0.29, 0.717) is 5.76 Å². The Labute approximate surface area is 116 Å². The topological polar surface area (TPSA) is 90.4 Å². The van der Waals surface area contributed by atoms with Crippen LogP contribution in [0.3, 0.4) is 0 Å². The van der Waals surface area contributed by atoms with Crippen molar-refractivity contribution in [1.29, 1.82) is 5.26 Å². The Balaban J connectivity index is 2.51. The molecule has 2 rings (SSSR count). The van der Waals surface area contributed by atoms with Gasteiger partial charge in [0.2, 0.25) is 5.91 Å². The van der Waals surface area contributed by atoms with E-state index in [1.54, 1.807) is 0 Å². The fraction of sp³-hybridized carbons (Fsp3) is 0.583. The van der Waals surface area contributed by atoms with Crippen molar-refractivity contribution in [2.24, 2.45) is 0 Å². The number of rotatable bonds is 1. The number of aliphatic hydroxyl groups is 1. The highest BCUT2D eigenvalue weighted by Crippen LogP contribution is 2.35. The van der Waals surface area contributed by atoms with Crippen LogP contribution < -0.4 is 4.90 Å². The van der Waals surface area contributed by atoms with Gasteiger partial charge in [0, 0.05) is 11.8 Å². The third kappa shape index (κ3) is 2.22. The van der Waals surface area contributed by atoms with Gasteiger partial charge in [-0.1, -0.05) is 25.9 Å². The van der Waals surface area contributed by atoms with Crippen molar-refractivity contribution < 1.29 is 14.4 Å². The molecular formula is C12H15N3O3S. The van der Waals surface area contributed by atoms with E-state index < -0.39 is 16.9 Å². The molecule has 2 atom stereocenters. The van der Waals surface area contributed by atoms with E-state index in [-0.39, 0.29) is 23.7 Å². The SMILES string of the molecule is CC(C)(C)c1onc(N2C(=O)CC(S)C2O)c1C#N. The van der Waals surface area contributed by atoms with Gasteiger partial charge in [0.05, 0.1) is 5.25 Å². The van der Waals surface area contributed by atoms with Crippen LogP contribution >= 0.6 is 12.6 Å². The first-order chi connectivity index (χ1) is 8.77. The summed E-state index contributed by atoms with van der Waals surface area (Å²) in [6, 6.07) is 2.00. The first-order valence-corrected chi connectivity index (χ1v) is 6.37. The van der Waals surface area contributed by atoms with Crippen molar-refractivity contribution in [3.05, 3.63) is 11.3 Å². The number of anilines is 1. The van der Waals surface area contributed by atoms with Crippen LogP contribution in [-0.2, 0) is 10.2 Å². The average Bonchev–Trinajstić information content (AvgIpc) is 2.81. The molecule has 1 saturated heterocycles. The second-order valence-corrected chi connectivity index (χ2v) is 6.18. The third-order valence-corrected chi connectivity index (χ3v) is 3.41. The molecule has 0 spiro atoms. The van der Waals surface area contributed by atoms with Gasteiger partial charge in [-0.3, -0.25) is 9.69 Å². The third-order valence-electron chi connectivity index (χ3n) is 2.96. The highest BCUT2D eigenvalue weighted by molar-refractivity contribution is 7.81. The molecule has 0 radical (unpaired) electrons. The minimum atomic E-state index is -1.10. The van der Waals surface area contributed by atoms with Crippen molar-refractivity contribution in [3.8, 4) is 6.07 Å². The average molecular weight is 281 g/mol. The number of nitriles is 1. The fourth-order valence-corrected chi connectivity index (χ4v) is 2.29. The Bertz CT molecular complexity index is 556. The molecule has 0 bridgehead atoms. The van der Waals surface area contributed by atoms with E-state index in [2.05, 4.69) is 17.8 Å². The zero-order chi connectivity index (χ0) is 14.4. The van der Waals surface area contributed by atoms with Crippen LogP contribution in [0, 0.1) is 11.3 Å². The predicted octanol–water partition coefficient (Wildman–Crippen LogP) is 1.20. The molecule has 1 amide bonds. The van der Waals surface area contributed by atoms with Gasteiger partial charge in [-0.15, -0.1) is 0 Å². The highest BCUT2D eigenvalue weighted by atomic mass is 32.1. The van der Waals surface area contributed by atoms with E-state index >= 15 is 0 Å². The number of carbonyl (C=O) groups is 1. The summed E-state index contributed by atoms with van der Waals surface area (Å²) < 4.78 is 5.19. The molecule has 102 valence electrons. The summed E-state index contributed by atoms with van der Waals surface area (Å²) in [4.78, 5) is 12.9. The highest BCUT2D eigenvalue weighted by Gasteiger charge is 2.42. The van der Waals surface area contributed by atoms with Gasteiger partial charge in [-0.25, -0.2) is 0 Å². The maximum Gasteiger partial charge on any atom is 0.231 e. The van der Waals surface area contributed by atoms with Crippen molar-refractivity contribution in [2.45, 2.75) is 44.1 Å². The summed E-state index contributed by atoms with van der Waals surface area (Å²) in [5.41, 5.74) is -0.230. The molecular weight excluding hydrogens is 266 g/mol. The molecule has 1 aliphatic rings. The van der Waals surface area contributed by atoms with Gasteiger partial charge in [-0.2, -0.15) is 17.9 Å². The second-order valence-electron chi connectivity index (χ2n) is 5.52. The molecule has 2 unspecified atom stereocenters. The molecule has 1 aromatic rings. The van der Waals surface area contributed by atoms with Crippen LogP contribution in [0.25, 0.3) is 0 Å². The monoisotopic (exact) mass is 281 g/mol. The van der Waals surface area contributed by atoms with Gasteiger partial charge >= 0.3 is 0 Å². The number of thiol groups is 1. The van der Waals surface area contributed by atoms with Gasteiger partial charge in [-0.05, 0) is 0 Å². The normalized spacial score (nSPS) is 23.8. The van der Waals surface area contributed by atoms with Gasteiger partial charge in [0.15, 0.2) is 11.6 Å². The summed E-state index contributed by atoms with van der Waals surface area (Å²) in [5, 5.41) is 22.5.